The van der Waals surface area contributed by atoms with Gasteiger partial charge in [-0.15, -0.1) is 0 Å². The lowest BCUT2D eigenvalue weighted by Crippen LogP contribution is -2.42. The second-order valence-corrected chi connectivity index (χ2v) is 6.74. The number of carbonyl (C=O) groups is 1. The second-order valence-electron chi connectivity index (χ2n) is 6.74. The molecule has 0 unspecified atom stereocenters. The monoisotopic (exact) mass is 352 g/mol. The van der Waals surface area contributed by atoms with Gasteiger partial charge in [0.25, 0.3) is 0 Å². The average molecular weight is 352 g/mol. The Balaban J connectivity index is 2.25. The van der Waals surface area contributed by atoms with Crippen LogP contribution in [0.2, 0.25) is 0 Å². The highest BCUT2D eigenvalue weighted by Crippen LogP contribution is 2.06. The Labute approximate surface area is 150 Å². The molecular weight excluding hydrogens is 320 g/mol. The summed E-state index contributed by atoms with van der Waals surface area (Å²) in [6, 6.07) is 0. The van der Waals surface area contributed by atoms with E-state index >= 15 is 0 Å². The zero-order chi connectivity index (χ0) is 18.7. The molecule has 0 bridgehead atoms. The van der Waals surface area contributed by atoms with E-state index in [0.29, 0.717) is 13.1 Å². The standard InChI is InChI=1S/C17H32N6O2/c1-6-18-15(19-9-7-8-14-12-22-23(5)13-14)20-10-11-21-16(24)25-17(2,3)4/h12-13H,6-11H2,1-5H3,(H,21,24)(H2,18,19,20). The third kappa shape index (κ3) is 10.3. The van der Waals surface area contributed by atoms with E-state index in [4.69, 9.17) is 4.74 Å². The maximum absolute atomic E-state index is 11.6. The topological polar surface area (TPSA) is 92.6 Å². The summed E-state index contributed by atoms with van der Waals surface area (Å²) in [7, 11) is 1.92. The normalized spacial score (nSPS) is 12.0. The number of nitrogens with one attached hydrogen (secondary N) is 3. The molecule has 142 valence electrons. The summed E-state index contributed by atoms with van der Waals surface area (Å²) in [6.45, 7) is 10.1. The number of nitrogens with zero attached hydrogens (tertiary/aromatic N) is 3. The number of hydrogen-bond acceptors (Lipinski definition) is 4. The molecular formula is C17H32N6O2. The number of ether oxygens (including phenoxy) is 1. The van der Waals surface area contributed by atoms with E-state index in [-0.39, 0.29) is 0 Å². The molecule has 1 aromatic heterocycles. The van der Waals surface area contributed by atoms with E-state index in [2.05, 4.69) is 26.0 Å². The number of aromatic nitrogens is 2. The van der Waals surface area contributed by atoms with Crippen molar-refractivity contribution in [2.24, 2.45) is 12.0 Å². The highest BCUT2D eigenvalue weighted by atomic mass is 16.6. The van der Waals surface area contributed by atoms with Gasteiger partial charge in [0.1, 0.15) is 5.60 Å². The van der Waals surface area contributed by atoms with Crippen molar-refractivity contribution in [3.05, 3.63) is 18.0 Å². The summed E-state index contributed by atoms with van der Waals surface area (Å²) in [5.74, 6) is 0.750. The summed E-state index contributed by atoms with van der Waals surface area (Å²) in [4.78, 5) is 16.1. The molecule has 0 radical (unpaired) electrons. The number of aliphatic imine (C=N–C) groups is 1. The molecule has 0 atom stereocenters. The number of alkyl carbamates (subject to hydrolysis) is 1. The Hall–Kier alpha value is -2.25. The number of carbonyl (C=O) groups excluding carboxylic acids is 1. The van der Waals surface area contributed by atoms with Gasteiger partial charge in [0.05, 0.1) is 6.20 Å². The minimum absolute atomic E-state index is 0.410. The third-order valence-corrected chi connectivity index (χ3v) is 3.08. The first-order chi connectivity index (χ1) is 11.8. The van der Waals surface area contributed by atoms with E-state index in [1.807, 2.05) is 51.8 Å². The highest BCUT2D eigenvalue weighted by molar-refractivity contribution is 5.79. The van der Waals surface area contributed by atoms with Gasteiger partial charge in [-0.3, -0.25) is 9.67 Å². The first-order valence-corrected chi connectivity index (χ1v) is 8.76. The molecule has 1 heterocycles. The fraction of sp³-hybridized carbons (Fsp3) is 0.706. The van der Waals surface area contributed by atoms with Crippen molar-refractivity contribution in [2.75, 3.05) is 26.2 Å². The van der Waals surface area contributed by atoms with Gasteiger partial charge in [0, 0.05) is 39.4 Å². The summed E-state index contributed by atoms with van der Waals surface area (Å²) in [6.07, 6.45) is 5.41. The van der Waals surface area contributed by atoms with Crippen LogP contribution < -0.4 is 16.0 Å². The Morgan fingerprint density at radius 2 is 2.00 bits per heavy atom. The molecule has 0 aliphatic carbocycles. The van der Waals surface area contributed by atoms with E-state index in [1.54, 1.807) is 0 Å². The van der Waals surface area contributed by atoms with Crippen molar-refractivity contribution in [3.8, 4) is 0 Å². The number of hydrogen-bond donors (Lipinski definition) is 3. The average Bonchev–Trinajstić information content (AvgIpc) is 2.91. The summed E-state index contributed by atoms with van der Waals surface area (Å²) in [5, 5.41) is 13.3. The van der Waals surface area contributed by atoms with Crippen LogP contribution in [-0.2, 0) is 18.2 Å². The highest BCUT2D eigenvalue weighted by Gasteiger charge is 2.15. The van der Waals surface area contributed by atoms with Crippen LogP contribution in [0.25, 0.3) is 0 Å². The maximum Gasteiger partial charge on any atom is 0.407 e. The Morgan fingerprint density at radius 3 is 2.60 bits per heavy atom. The lowest BCUT2D eigenvalue weighted by molar-refractivity contribution is 0.0529. The zero-order valence-electron chi connectivity index (χ0n) is 16.1. The predicted molar refractivity (Wildman–Crippen MR) is 99.7 cm³/mol. The van der Waals surface area contributed by atoms with Crippen LogP contribution >= 0.6 is 0 Å². The fourth-order valence-corrected chi connectivity index (χ4v) is 2.08. The van der Waals surface area contributed by atoms with Gasteiger partial charge in [0.15, 0.2) is 5.96 Å². The fourth-order valence-electron chi connectivity index (χ4n) is 2.08. The van der Waals surface area contributed by atoms with E-state index < -0.39 is 11.7 Å². The van der Waals surface area contributed by atoms with Gasteiger partial charge < -0.3 is 20.7 Å². The van der Waals surface area contributed by atoms with Crippen LogP contribution in [0.4, 0.5) is 4.79 Å². The summed E-state index contributed by atoms with van der Waals surface area (Å²) >= 11 is 0. The van der Waals surface area contributed by atoms with Crippen LogP contribution in [0, 0.1) is 0 Å². The first-order valence-electron chi connectivity index (χ1n) is 8.76. The van der Waals surface area contributed by atoms with Crippen LogP contribution in [0.5, 0.6) is 0 Å². The predicted octanol–water partition coefficient (Wildman–Crippen LogP) is 1.43. The quantitative estimate of drug-likeness (QED) is 0.374. The van der Waals surface area contributed by atoms with Crippen molar-refractivity contribution in [1.82, 2.24) is 25.7 Å². The number of aryl methyl sites for hydroxylation is 2. The molecule has 0 saturated carbocycles. The van der Waals surface area contributed by atoms with Crippen molar-refractivity contribution in [1.29, 1.82) is 0 Å². The molecule has 8 nitrogen and oxygen atoms in total. The lowest BCUT2D eigenvalue weighted by Gasteiger charge is -2.19. The molecule has 0 aliphatic rings. The summed E-state index contributed by atoms with van der Waals surface area (Å²) in [5.41, 5.74) is 0.736. The first kappa shape index (κ1) is 20.8. The molecule has 1 aromatic rings. The minimum atomic E-state index is -0.484. The smallest absolute Gasteiger partial charge is 0.407 e. The Bertz CT molecular complexity index is 548. The number of guanidine groups is 1. The van der Waals surface area contributed by atoms with Crippen molar-refractivity contribution in [2.45, 2.75) is 46.1 Å². The second kappa shape index (κ2) is 10.6. The van der Waals surface area contributed by atoms with Crippen molar-refractivity contribution >= 4 is 12.1 Å². The minimum Gasteiger partial charge on any atom is -0.444 e. The molecule has 0 fully saturated rings. The molecule has 3 N–H and O–H groups in total. The van der Waals surface area contributed by atoms with Gasteiger partial charge in [-0.25, -0.2) is 4.79 Å². The van der Waals surface area contributed by atoms with Crippen LogP contribution in [0.15, 0.2) is 17.4 Å². The van der Waals surface area contributed by atoms with Gasteiger partial charge in [0.2, 0.25) is 0 Å². The third-order valence-electron chi connectivity index (χ3n) is 3.08. The van der Waals surface area contributed by atoms with Crippen LogP contribution in [0.1, 0.15) is 39.7 Å². The molecule has 0 aliphatic heterocycles. The van der Waals surface area contributed by atoms with Crippen molar-refractivity contribution < 1.29 is 9.53 Å². The van der Waals surface area contributed by atoms with Crippen LogP contribution in [-0.4, -0.2) is 53.6 Å². The molecule has 0 aromatic carbocycles. The lowest BCUT2D eigenvalue weighted by atomic mass is 10.2. The molecule has 1 rings (SSSR count). The number of rotatable bonds is 8. The molecule has 25 heavy (non-hydrogen) atoms. The maximum atomic E-state index is 11.6. The summed E-state index contributed by atoms with van der Waals surface area (Å²) < 4.78 is 6.99. The van der Waals surface area contributed by atoms with E-state index in [9.17, 15) is 4.79 Å². The Kier molecular flexibility index (Phi) is 8.80. The molecule has 0 saturated heterocycles. The van der Waals surface area contributed by atoms with E-state index in [0.717, 1.165) is 31.9 Å². The van der Waals surface area contributed by atoms with Gasteiger partial charge >= 0.3 is 6.09 Å². The van der Waals surface area contributed by atoms with Crippen LogP contribution in [0.3, 0.4) is 0 Å². The van der Waals surface area contributed by atoms with E-state index in [1.165, 1.54) is 5.56 Å². The zero-order valence-corrected chi connectivity index (χ0v) is 16.1. The molecule has 1 amide bonds. The van der Waals surface area contributed by atoms with Gasteiger partial charge in [-0.1, -0.05) is 0 Å². The van der Waals surface area contributed by atoms with Crippen molar-refractivity contribution in [3.63, 3.8) is 0 Å². The number of amides is 1. The molecule has 8 heteroatoms. The largest absolute Gasteiger partial charge is 0.444 e. The SMILES string of the molecule is CCNC(=NCCCc1cnn(C)c1)NCCNC(=O)OC(C)(C)C. The van der Waals surface area contributed by atoms with Gasteiger partial charge in [-0.05, 0) is 46.1 Å². The molecule has 0 spiro atoms. The van der Waals surface area contributed by atoms with Gasteiger partial charge in [-0.2, -0.15) is 5.10 Å². The Morgan fingerprint density at radius 1 is 1.28 bits per heavy atom.